The van der Waals surface area contributed by atoms with Crippen LogP contribution in [0.25, 0.3) is 0 Å². The average molecular weight is 356 g/mol. The summed E-state index contributed by atoms with van der Waals surface area (Å²) in [5.41, 5.74) is -0.508. The van der Waals surface area contributed by atoms with E-state index in [-0.39, 0.29) is 24.6 Å². The van der Waals surface area contributed by atoms with Crippen LogP contribution in [-0.4, -0.2) is 40.8 Å². The van der Waals surface area contributed by atoms with E-state index >= 15 is 0 Å². The first-order valence-corrected chi connectivity index (χ1v) is 7.46. The van der Waals surface area contributed by atoms with Crippen LogP contribution in [0.2, 0.25) is 0 Å². The van der Waals surface area contributed by atoms with Crippen LogP contribution in [0.5, 0.6) is 5.88 Å². The monoisotopic (exact) mass is 356 g/mol. The van der Waals surface area contributed by atoms with Gasteiger partial charge < -0.3 is 19.3 Å². The number of carbonyl (C=O) groups excluding carboxylic acids is 1. The highest BCUT2D eigenvalue weighted by molar-refractivity contribution is 5.92. The first-order valence-electron chi connectivity index (χ1n) is 7.46. The van der Waals surface area contributed by atoms with Crippen LogP contribution in [0.15, 0.2) is 34.9 Å². The third-order valence-electron chi connectivity index (χ3n) is 4.05. The first kappa shape index (κ1) is 17.3. The number of methoxy groups -OCH3 is 1. The first-order chi connectivity index (χ1) is 11.8. The summed E-state index contributed by atoms with van der Waals surface area (Å²) in [6.45, 7) is -0.0111. The number of hydrogen-bond acceptors (Lipinski definition) is 5. The molecule has 0 radical (unpaired) electrons. The zero-order valence-corrected chi connectivity index (χ0v) is 13.2. The summed E-state index contributed by atoms with van der Waals surface area (Å²) in [4.78, 5) is 13.9. The Labute approximate surface area is 140 Å². The molecular formula is C16H15F3N2O4. The fraction of sp³-hybridized carbons (Fsp3) is 0.375. The van der Waals surface area contributed by atoms with E-state index in [1.165, 1.54) is 30.2 Å². The molecule has 0 bridgehead atoms. The van der Waals surface area contributed by atoms with E-state index in [1.807, 2.05) is 0 Å². The summed E-state index contributed by atoms with van der Waals surface area (Å²) < 4.78 is 48.5. The normalized spacial score (nSPS) is 20.8. The van der Waals surface area contributed by atoms with Crippen molar-refractivity contribution in [1.29, 1.82) is 0 Å². The van der Waals surface area contributed by atoms with E-state index in [0.29, 0.717) is 5.56 Å². The standard InChI is InChI=1S/C16H15F3N2O4/c1-24-14-7-13(25-20-14)15(23)21-8-11(22)6-12(21)9-3-2-4-10(5-9)16(17,18)19/h2-5,7,11-12,22H,6,8H2,1H3/t11-,12+/m0/s1. The van der Waals surface area contributed by atoms with Gasteiger partial charge in [-0.05, 0) is 29.3 Å². The van der Waals surface area contributed by atoms with Crippen LogP contribution >= 0.6 is 0 Å². The Morgan fingerprint density at radius 1 is 1.40 bits per heavy atom. The number of aliphatic hydroxyl groups is 1. The van der Waals surface area contributed by atoms with Gasteiger partial charge in [0.25, 0.3) is 11.8 Å². The van der Waals surface area contributed by atoms with Crippen molar-refractivity contribution in [3.63, 3.8) is 0 Å². The predicted molar refractivity (Wildman–Crippen MR) is 78.9 cm³/mol. The molecule has 1 aromatic heterocycles. The van der Waals surface area contributed by atoms with Crippen molar-refractivity contribution < 1.29 is 32.3 Å². The van der Waals surface area contributed by atoms with E-state index < -0.39 is 29.8 Å². The number of nitrogens with zero attached hydrogens (tertiary/aromatic N) is 2. The van der Waals surface area contributed by atoms with E-state index in [1.54, 1.807) is 0 Å². The minimum absolute atomic E-state index is 0.0111. The molecule has 3 rings (SSSR count). The third kappa shape index (κ3) is 3.46. The topological polar surface area (TPSA) is 75.8 Å². The minimum Gasteiger partial charge on any atom is -0.479 e. The van der Waals surface area contributed by atoms with Gasteiger partial charge in [-0.1, -0.05) is 12.1 Å². The molecule has 0 spiro atoms. The van der Waals surface area contributed by atoms with Crippen LogP contribution in [0.4, 0.5) is 13.2 Å². The summed E-state index contributed by atoms with van der Waals surface area (Å²) in [6.07, 6.45) is -5.19. The molecule has 2 aromatic rings. The lowest BCUT2D eigenvalue weighted by atomic mass is 10.0. The number of rotatable bonds is 3. The van der Waals surface area contributed by atoms with Gasteiger partial charge in [0.2, 0.25) is 5.76 Å². The molecule has 1 saturated heterocycles. The molecule has 9 heteroatoms. The largest absolute Gasteiger partial charge is 0.479 e. The Kier molecular flexibility index (Phi) is 4.42. The number of likely N-dealkylation sites (tertiary alicyclic amines) is 1. The van der Waals surface area contributed by atoms with Crippen LogP contribution in [0.3, 0.4) is 0 Å². The number of aromatic nitrogens is 1. The summed E-state index contributed by atoms with van der Waals surface area (Å²) in [7, 11) is 1.36. The number of benzene rings is 1. The van der Waals surface area contributed by atoms with Crippen molar-refractivity contribution in [1.82, 2.24) is 10.1 Å². The van der Waals surface area contributed by atoms with E-state index in [9.17, 15) is 23.1 Å². The van der Waals surface area contributed by atoms with Crippen molar-refractivity contribution in [3.8, 4) is 5.88 Å². The lowest BCUT2D eigenvalue weighted by molar-refractivity contribution is -0.137. The van der Waals surface area contributed by atoms with E-state index in [4.69, 9.17) is 9.26 Å². The Morgan fingerprint density at radius 3 is 2.80 bits per heavy atom. The molecule has 0 unspecified atom stereocenters. The van der Waals surface area contributed by atoms with Gasteiger partial charge in [-0.3, -0.25) is 4.79 Å². The van der Waals surface area contributed by atoms with Crippen LogP contribution in [0, 0.1) is 0 Å². The molecule has 0 saturated carbocycles. The zero-order chi connectivity index (χ0) is 18.2. The highest BCUT2D eigenvalue weighted by atomic mass is 19.4. The maximum absolute atomic E-state index is 12.9. The molecule has 0 aliphatic carbocycles. The second-order valence-corrected chi connectivity index (χ2v) is 5.72. The van der Waals surface area contributed by atoms with Crippen molar-refractivity contribution in [2.75, 3.05) is 13.7 Å². The van der Waals surface area contributed by atoms with Gasteiger partial charge in [0.15, 0.2) is 0 Å². The number of hydrogen-bond donors (Lipinski definition) is 1. The Hall–Kier alpha value is -2.55. The summed E-state index contributed by atoms with van der Waals surface area (Å²) >= 11 is 0. The lowest BCUT2D eigenvalue weighted by Gasteiger charge is -2.24. The second kappa shape index (κ2) is 6.40. The summed E-state index contributed by atoms with van der Waals surface area (Å²) in [6, 6.07) is 5.32. The van der Waals surface area contributed by atoms with Gasteiger partial charge in [0, 0.05) is 6.54 Å². The molecule has 6 nitrogen and oxygen atoms in total. The number of alkyl halides is 3. The average Bonchev–Trinajstić information content (AvgIpc) is 3.20. The highest BCUT2D eigenvalue weighted by Crippen LogP contribution is 2.37. The van der Waals surface area contributed by atoms with Crippen molar-refractivity contribution in [3.05, 3.63) is 47.2 Å². The number of halogens is 3. The van der Waals surface area contributed by atoms with Crippen LogP contribution < -0.4 is 4.74 Å². The van der Waals surface area contributed by atoms with Gasteiger partial charge in [0.1, 0.15) is 0 Å². The maximum Gasteiger partial charge on any atom is 0.416 e. The molecule has 25 heavy (non-hydrogen) atoms. The molecule has 1 aliphatic heterocycles. The molecule has 1 fully saturated rings. The lowest BCUT2D eigenvalue weighted by Crippen LogP contribution is -2.31. The molecule has 1 aliphatic rings. The number of β-amino-alcohol motifs (C(OH)–C–C–N with tert-alkyl or cyclic N) is 1. The van der Waals surface area contributed by atoms with Gasteiger partial charge in [0.05, 0.1) is 30.9 Å². The second-order valence-electron chi connectivity index (χ2n) is 5.72. The van der Waals surface area contributed by atoms with Gasteiger partial charge in [-0.15, -0.1) is 0 Å². The number of aliphatic hydroxyl groups excluding tert-OH is 1. The van der Waals surface area contributed by atoms with Crippen molar-refractivity contribution >= 4 is 5.91 Å². The van der Waals surface area contributed by atoms with E-state index in [2.05, 4.69) is 5.16 Å². The van der Waals surface area contributed by atoms with Gasteiger partial charge in [-0.2, -0.15) is 13.2 Å². The van der Waals surface area contributed by atoms with Crippen LogP contribution in [-0.2, 0) is 6.18 Å². The van der Waals surface area contributed by atoms with Crippen molar-refractivity contribution in [2.45, 2.75) is 24.7 Å². The predicted octanol–water partition coefficient (Wildman–Crippen LogP) is 2.65. The number of amides is 1. The fourth-order valence-corrected chi connectivity index (χ4v) is 2.87. The molecule has 2 heterocycles. The molecule has 134 valence electrons. The fourth-order valence-electron chi connectivity index (χ4n) is 2.87. The maximum atomic E-state index is 12.9. The minimum atomic E-state index is -4.49. The third-order valence-corrected chi connectivity index (χ3v) is 4.05. The highest BCUT2D eigenvalue weighted by Gasteiger charge is 2.38. The molecule has 1 aromatic carbocycles. The molecule has 2 atom stereocenters. The number of ether oxygens (including phenoxy) is 1. The number of carbonyl (C=O) groups is 1. The van der Waals surface area contributed by atoms with E-state index in [0.717, 1.165) is 12.1 Å². The molecular weight excluding hydrogens is 341 g/mol. The quantitative estimate of drug-likeness (QED) is 0.915. The molecule has 1 amide bonds. The van der Waals surface area contributed by atoms with Crippen molar-refractivity contribution in [2.24, 2.45) is 0 Å². The zero-order valence-electron chi connectivity index (χ0n) is 13.2. The summed E-state index contributed by atoms with van der Waals surface area (Å²) in [5.74, 6) is -0.573. The Balaban J connectivity index is 1.90. The smallest absolute Gasteiger partial charge is 0.416 e. The Morgan fingerprint density at radius 2 is 2.16 bits per heavy atom. The Bertz CT molecular complexity index is 775. The SMILES string of the molecule is COc1cc(C(=O)N2C[C@@H](O)C[C@@H]2c2cccc(C(F)(F)F)c2)on1. The summed E-state index contributed by atoms with van der Waals surface area (Å²) in [5, 5.41) is 13.5. The van der Waals surface area contributed by atoms with Gasteiger partial charge in [-0.25, -0.2) is 0 Å². The van der Waals surface area contributed by atoms with Crippen LogP contribution in [0.1, 0.15) is 34.1 Å². The molecule has 1 N–H and O–H groups in total. The van der Waals surface area contributed by atoms with Gasteiger partial charge >= 0.3 is 6.18 Å².